The van der Waals surface area contributed by atoms with Crippen LogP contribution in [0.25, 0.3) is 94.0 Å². The molecule has 11 aromatic rings. The first kappa shape index (κ1) is 52.7. The van der Waals surface area contributed by atoms with Crippen LogP contribution in [0.5, 0.6) is 0 Å². The summed E-state index contributed by atoms with van der Waals surface area (Å²) in [4.78, 5) is 9.76. The fraction of sp³-hybridized carbons (Fsp3) is 0.261. The fourth-order valence-electron chi connectivity index (χ4n) is 10.3. The van der Waals surface area contributed by atoms with Crippen molar-refractivity contribution in [1.82, 2.24) is 14.5 Å². The third-order valence-corrected chi connectivity index (χ3v) is 14.6. The molecule has 75 heavy (non-hydrogen) atoms. The van der Waals surface area contributed by atoms with Gasteiger partial charge in [-0.05, 0) is 137 Å². The molecule has 0 unspecified atom stereocenters. The quantitative estimate of drug-likeness (QED) is 0.123. The number of hydrogen-bond donors (Lipinski definition) is 0. The van der Waals surface area contributed by atoms with Gasteiger partial charge in [0, 0.05) is 37.4 Å². The van der Waals surface area contributed by atoms with Crippen LogP contribution in [-0.2, 0) is 36.4 Å². The van der Waals surface area contributed by atoms with Crippen molar-refractivity contribution in [1.29, 1.82) is 5.26 Å². The molecule has 6 heteroatoms. The minimum Gasteiger partial charge on any atom is -0.501 e. The van der Waals surface area contributed by atoms with Crippen molar-refractivity contribution in [3.05, 3.63) is 197 Å². The van der Waals surface area contributed by atoms with Crippen LogP contribution >= 0.6 is 0 Å². The van der Waals surface area contributed by atoms with Gasteiger partial charge in [0.15, 0.2) is 0 Å². The van der Waals surface area contributed by atoms with E-state index in [1.165, 1.54) is 55.1 Å². The molecule has 5 nitrogen and oxygen atoms in total. The molecule has 0 spiro atoms. The van der Waals surface area contributed by atoms with Crippen molar-refractivity contribution < 1.29 is 24.5 Å². The predicted octanol–water partition coefficient (Wildman–Crippen LogP) is 18.9. The summed E-state index contributed by atoms with van der Waals surface area (Å²) < 4.78 is 9.15. The topological polar surface area (TPSA) is 67.6 Å². The Balaban J connectivity index is 0.000000346. The average molecular weight is 1160 g/mol. The van der Waals surface area contributed by atoms with Gasteiger partial charge in [0.1, 0.15) is 11.7 Å². The molecule has 8 aromatic carbocycles. The van der Waals surface area contributed by atoms with Crippen LogP contribution in [0.1, 0.15) is 135 Å². The van der Waals surface area contributed by atoms with E-state index in [1.807, 2.05) is 54.7 Å². The van der Waals surface area contributed by atoms with Crippen LogP contribution in [0.4, 0.5) is 0 Å². The van der Waals surface area contributed by atoms with E-state index in [4.69, 9.17) is 9.40 Å². The van der Waals surface area contributed by atoms with Crippen LogP contribution in [0.15, 0.2) is 156 Å². The molecule has 0 aliphatic rings. The Morgan fingerprint density at radius 1 is 0.573 bits per heavy atom. The zero-order valence-corrected chi connectivity index (χ0v) is 48.0. The number of rotatable bonds is 6. The molecule has 3 heterocycles. The maximum absolute atomic E-state index is 10.6. The van der Waals surface area contributed by atoms with E-state index >= 15 is 0 Å². The minimum atomic E-state index is -0.00921. The van der Waals surface area contributed by atoms with Gasteiger partial charge in [-0.1, -0.05) is 168 Å². The Hall–Kier alpha value is -7.16. The van der Waals surface area contributed by atoms with E-state index in [0.717, 1.165) is 60.9 Å². The van der Waals surface area contributed by atoms with Crippen LogP contribution in [-0.4, -0.2) is 14.5 Å². The van der Waals surface area contributed by atoms with Crippen molar-refractivity contribution in [2.45, 2.75) is 118 Å². The van der Waals surface area contributed by atoms with Crippen molar-refractivity contribution >= 4 is 54.5 Å². The number of nitrogens with zero attached hydrogens (tertiary/aromatic N) is 4. The Morgan fingerprint density at radius 3 is 1.87 bits per heavy atom. The molecule has 379 valence electrons. The number of furan rings is 1. The monoisotopic (exact) mass is 1160 g/mol. The van der Waals surface area contributed by atoms with Gasteiger partial charge in [0.05, 0.1) is 28.0 Å². The van der Waals surface area contributed by atoms with Gasteiger partial charge in [-0.2, -0.15) is 5.26 Å². The zero-order chi connectivity index (χ0) is 52.4. The zero-order valence-electron chi connectivity index (χ0n) is 45.6. The van der Waals surface area contributed by atoms with Gasteiger partial charge < -0.3 is 14.0 Å². The number of aromatic nitrogens is 3. The molecule has 0 bridgehead atoms. The summed E-state index contributed by atoms with van der Waals surface area (Å²) in [5.74, 6) is 1.03. The Kier molecular flexibility index (Phi) is 14.2. The summed E-state index contributed by atoms with van der Waals surface area (Å²) >= 11 is 0. The van der Waals surface area contributed by atoms with Crippen LogP contribution in [0.3, 0.4) is 0 Å². The van der Waals surface area contributed by atoms with Gasteiger partial charge in [-0.25, -0.2) is 0 Å². The van der Waals surface area contributed by atoms with E-state index in [9.17, 15) is 5.26 Å². The summed E-state index contributed by atoms with van der Waals surface area (Å²) in [5, 5.41) is 17.4. The molecular formula is C69H66IrN4O-2. The number of para-hydroxylation sites is 1. The Labute approximate surface area is 457 Å². The van der Waals surface area contributed by atoms with E-state index in [-0.39, 0.29) is 48.2 Å². The molecule has 0 atom stereocenters. The SMILES string of the molecule is CC(C)(C)c1ccnc(-c2[c-]cccc2)c1.CC(C)c1cc(-c2cc(C(C)(C)C)cc(C(C)(C)C)c2)cc(C(C)C)c1-n1c(-c2[c-]ccc3c2oc2cc4c(ccc5ccccc54)cc23)nc2cccc(C#N)c21.[Ir]. The molecule has 0 N–H and O–H groups in total. The number of pyridine rings is 1. The number of imidazole rings is 1. The summed E-state index contributed by atoms with van der Waals surface area (Å²) in [6.07, 6.45) is 1.87. The van der Waals surface area contributed by atoms with Gasteiger partial charge in [0.25, 0.3) is 0 Å². The fourth-order valence-corrected chi connectivity index (χ4v) is 10.3. The predicted molar refractivity (Wildman–Crippen MR) is 311 cm³/mol. The average Bonchev–Trinajstić information content (AvgIpc) is 3.96. The first-order chi connectivity index (χ1) is 35.2. The normalized spacial score (nSPS) is 12.2. The van der Waals surface area contributed by atoms with E-state index in [1.54, 1.807) is 0 Å². The number of hydrogen-bond acceptors (Lipinski definition) is 4. The standard InChI is InChI=1S/C54H50N3O.C15H16N.Ir/c1-31(2)43-26-37(36-23-38(53(5,6)7)28-39(24-36)54(8,9)10)27-44(32(3)4)50(43)57-49-35(30-55)16-13-20-47(49)56-52(57)42-19-14-18-41-46-25-34-22-21-33-15-11-12-17-40(33)45(34)29-48(46)58-51(41)42;1-15(2,3)13-9-10-16-14(11-13)12-7-5-4-6-8-12;/h11-18,20-29,31-32H,1-10H3;4-7,9-11H,1-3H3;/q2*-1;. The van der Waals surface area contributed by atoms with Gasteiger partial charge in [-0.3, -0.25) is 4.98 Å². The smallest absolute Gasteiger partial charge is 0.121 e. The molecule has 11 rings (SSSR count). The number of nitriles is 1. The summed E-state index contributed by atoms with van der Waals surface area (Å²) in [6, 6.07) is 60.6. The first-order valence-corrected chi connectivity index (χ1v) is 26.1. The molecule has 0 amide bonds. The Morgan fingerprint density at radius 2 is 1.23 bits per heavy atom. The molecule has 0 aliphatic carbocycles. The molecule has 1 radical (unpaired) electrons. The molecule has 0 saturated carbocycles. The maximum atomic E-state index is 10.6. The third kappa shape index (κ3) is 10.1. The third-order valence-electron chi connectivity index (χ3n) is 14.6. The second-order valence-corrected chi connectivity index (χ2v) is 23.7. The second kappa shape index (κ2) is 20.2. The van der Waals surface area contributed by atoms with Crippen molar-refractivity contribution in [3.63, 3.8) is 0 Å². The van der Waals surface area contributed by atoms with E-state index in [0.29, 0.717) is 11.4 Å². The van der Waals surface area contributed by atoms with E-state index in [2.05, 4.69) is 215 Å². The molecule has 0 fully saturated rings. The molecule has 3 aromatic heterocycles. The van der Waals surface area contributed by atoms with Crippen LogP contribution < -0.4 is 0 Å². The maximum Gasteiger partial charge on any atom is 0.121 e. The van der Waals surface area contributed by atoms with Gasteiger partial charge in [0.2, 0.25) is 0 Å². The molecule has 0 saturated heterocycles. The second-order valence-electron chi connectivity index (χ2n) is 23.7. The van der Waals surface area contributed by atoms with Crippen LogP contribution in [0.2, 0.25) is 0 Å². The molecular weight excluding hydrogens is 1090 g/mol. The number of fused-ring (bicyclic) bond motifs is 7. The Bertz CT molecular complexity index is 3920. The largest absolute Gasteiger partial charge is 0.501 e. The summed E-state index contributed by atoms with van der Waals surface area (Å²) in [6.45, 7) is 29.5. The van der Waals surface area contributed by atoms with Crippen LogP contribution in [0, 0.1) is 23.5 Å². The van der Waals surface area contributed by atoms with Crippen molar-refractivity contribution in [2.75, 3.05) is 0 Å². The van der Waals surface area contributed by atoms with Crippen molar-refractivity contribution in [3.8, 4) is 45.5 Å². The number of benzene rings is 8. The van der Waals surface area contributed by atoms with Crippen molar-refractivity contribution in [2.24, 2.45) is 0 Å². The van der Waals surface area contributed by atoms with Gasteiger partial charge >= 0.3 is 0 Å². The van der Waals surface area contributed by atoms with E-state index < -0.39 is 0 Å². The summed E-state index contributed by atoms with van der Waals surface area (Å²) in [7, 11) is 0. The first-order valence-electron chi connectivity index (χ1n) is 26.1. The molecule has 0 aliphatic heterocycles. The minimum absolute atomic E-state index is 0. The summed E-state index contributed by atoms with van der Waals surface area (Å²) in [5.41, 5.74) is 16.5. The van der Waals surface area contributed by atoms with Gasteiger partial charge in [-0.15, -0.1) is 54.1 Å².